The lowest BCUT2D eigenvalue weighted by atomic mass is 10.1. The molecular formula is C23H28Cl3N3O5S. The topological polar surface area (TPSA) is 96.0 Å². The largest absolute Gasteiger partial charge is 0.497 e. The number of rotatable bonds is 11. The number of hydrogen-bond donors (Lipinski definition) is 1. The molecule has 1 N–H and O–H groups in total. The predicted molar refractivity (Wildman–Crippen MR) is 140 cm³/mol. The van der Waals surface area contributed by atoms with Gasteiger partial charge in [0.1, 0.15) is 18.3 Å². The van der Waals surface area contributed by atoms with Gasteiger partial charge in [-0.1, -0.05) is 53.9 Å². The van der Waals surface area contributed by atoms with E-state index >= 15 is 0 Å². The van der Waals surface area contributed by atoms with E-state index < -0.39 is 28.5 Å². The van der Waals surface area contributed by atoms with Crippen molar-refractivity contribution < 1.29 is 22.7 Å². The molecular weight excluding hydrogens is 537 g/mol. The quantitative estimate of drug-likeness (QED) is 0.409. The van der Waals surface area contributed by atoms with Crippen LogP contribution in [0.4, 0.5) is 5.69 Å². The van der Waals surface area contributed by atoms with Gasteiger partial charge in [0.15, 0.2) is 0 Å². The molecule has 0 aliphatic carbocycles. The van der Waals surface area contributed by atoms with E-state index in [-0.39, 0.29) is 33.2 Å². The number of sulfonamides is 1. The standard InChI is InChI=1S/C23H28Cl3N3O5S/c1-5-20(23(31)27-6-2)28(13-15-8-7-9-16(10-15)34-3)22(30)14-29(35(4,32)33)21-12-18(25)17(24)11-19(21)26/h7-12,20H,5-6,13-14H2,1-4H3,(H,27,31)/t20-/m0/s1. The molecule has 12 heteroatoms. The lowest BCUT2D eigenvalue weighted by molar-refractivity contribution is -0.140. The zero-order chi connectivity index (χ0) is 26.3. The number of hydrogen-bond acceptors (Lipinski definition) is 5. The zero-order valence-corrected chi connectivity index (χ0v) is 22.9. The summed E-state index contributed by atoms with van der Waals surface area (Å²) < 4.78 is 31.5. The van der Waals surface area contributed by atoms with E-state index in [0.717, 1.165) is 10.6 Å². The van der Waals surface area contributed by atoms with Gasteiger partial charge in [0, 0.05) is 13.1 Å². The van der Waals surface area contributed by atoms with Crippen LogP contribution in [0.2, 0.25) is 15.1 Å². The number of methoxy groups -OCH3 is 1. The van der Waals surface area contributed by atoms with Crippen molar-refractivity contribution >= 4 is 62.3 Å². The minimum absolute atomic E-state index is 0.00399. The molecule has 0 saturated heterocycles. The highest BCUT2D eigenvalue weighted by atomic mass is 35.5. The van der Waals surface area contributed by atoms with Crippen molar-refractivity contribution in [3.63, 3.8) is 0 Å². The molecule has 0 saturated carbocycles. The van der Waals surface area contributed by atoms with Crippen molar-refractivity contribution in [2.24, 2.45) is 0 Å². The Kier molecular flexibility index (Phi) is 10.5. The van der Waals surface area contributed by atoms with Crippen molar-refractivity contribution in [2.75, 3.05) is 30.8 Å². The van der Waals surface area contributed by atoms with Gasteiger partial charge < -0.3 is 15.0 Å². The molecule has 0 aliphatic heterocycles. The van der Waals surface area contributed by atoms with Crippen LogP contribution in [0, 0.1) is 0 Å². The van der Waals surface area contributed by atoms with Crippen LogP contribution < -0.4 is 14.4 Å². The molecule has 192 valence electrons. The van der Waals surface area contributed by atoms with E-state index in [1.807, 2.05) is 0 Å². The average Bonchev–Trinajstić information content (AvgIpc) is 2.79. The summed E-state index contributed by atoms with van der Waals surface area (Å²) in [5.74, 6) is -0.357. The van der Waals surface area contributed by atoms with Crippen LogP contribution in [-0.2, 0) is 26.2 Å². The SMILES string of the molecule is CCNC(=O)[C@H](CC)N(Cc1cccc(OC)c1)C(=O)CN(c1cc(Cl)c(Cl)cc1Cl)S(C)(=O)=O. The molecule has 2 aromatic carbocycles. The minimum Gasteiger partial charge on any atom is -0.497 e. The molecule has 0 radical (unpaired) electrons. The lowest BCUT2D eigenvalue weighted by Crippen LogP contribution is -2.52. The van der Waals surface area contributed by atoms with Gasteiger partial charge in [-0.25, -0.2) is 8.42 Å². The van der Waals surface area contributed by atoms with Crippen LogP contribution in [0.5, 0.6) is 5.75 Å². The third-order valence-electron chi connectivity index (χ3n) is 5.16. The van der Waals surface area contributed by atoms with Crippen molar-refractivity contribution in [1.29, 1.82) is 0 Å². The minimum atomic E-state index is -3.97. The highest BCUT2D eigenvalue weighted by Crippen LogP contribution is 2.35. The third-order valence-corrected chi connectivity index (χ3v) is 7.31. The number of halogens is 3. The summed E-state index contributed by atoms with van der Waals surface area (Å²) >= 11 is 18.3. The number of carbonyl (C=O) groups is 2. The summed E-state index contributed by atoms with van der Waals surface area (Å²) in [5.41, 5.74) is 0.711. The zero-order valence-electron chi connectivity index (χ0n) is 19.8. The third kappa shape index (κ3) is 7.64. The molecule has 0 aliphatic rings. The Morgan fingerprint density at radius 3 is 2.29 bits per heavy atom. The highest BCUT2D eigenvalue weighted by Gasteiger charge is 2.32. The average molecular weight is 565 g/mol. The molecule has 0 spiro atoms. The van der Waals surface area contributed by atoms with Gasteiger partial charge in [0.25, 0.3) is 0 Å². The van der Waals surface area contributed by atoms with Crippen LogP contribution in [-0.4, -0.2) is 57.6 Å². The molecule has 1 atom stereocenters. The monoisotopic (exact) mass is 563 g/mol. The van der Waals surface area contributed by atoms with Gasteiger partial charge in [0.05, 0.1) is 34.1 Å². The lowest BCUT2D eigenvalue weighted by Gasteiger charge is -2.33. The molecule has 35 heavy (non-hydrogen) atoms. The summed E-state index contributed by atoms with van der Waals surface area (Å²) in [6.07, 6.45) is 1.26. The second-order valence-electron chi connectivity index (χ2n) is 7.68. The number of likely N-dealkylation sites (N-methyl/N-ethyl adjacent to an activating group) is 1. The fourth-order valence-corrected chi connectivity index (χ4v) is 5.02. The Balaban J connectivity index is 2.51. The van der Waals surface area contributed by atoms with Crippen molar-refractivity contribution in [1.82, 2.24) is 10.2 Å². The second kappa shape index (κ2) is 12.7. The maximum absolute atomic E-state index is 13.6. The maximum Gasteiger partial charge on any atom is 0.244 e. The fourth-order valence-electron chi connectivity index (χ4n) is 3.48. The van der Waals surface area contributed by atoms with Crippen molar-refractivity contribution in [2.45, 2.75) is 32.9 Å². The maximum atomic E-state index is 13.6. The van der Waals surface area contributed by atoms with Gasteiger partial charge >= 0.3 is 0 Å². The molecule has 2 rings (SSSR count). The van der Waals surface area contributed by atoms with E-state index in [1.54, 1.807) is 38.1 Å². The molecule has 2 amide bonds. The summed E-state index contributed by atoms with van der Waals surface area (Å²) in [4.78, 5) is 27.8. The Hall–Kier alpha value is -2.20. The Morgan fingerprint density at radius 1 is 1.06 bits per heavy atom. The highest BCUT2D eigenvalue weighted by molar-refractivity contribution is 7.92. The van der Waals surface area contributed by atoms with Crippen LogP contribution in [0.1, 0.15) is 25.8 Å². The van der Waals surface area contributed by atoms with E-state index in [0.29, 0.717) is 24.3 Å². The van der Waals surface area contributed by atoms with Crippen molar-refractivity contribution in [3.05, 3.63) is 57.0 Å². The Morgan fingerprint density at radius 2 is 1.71 bits per heavy atom. The van der Waals surface area contributed by atoms with E-state index in [4.69, 9.17) is 39.5 Å². The summed E-state index contributed by atoms with van der Waals surface area (Å²) in [6.45, 7) is 3.38. The van der Waals surface area contributed by atoms with Crippen LogP contribution in [0.25, 0.3) is 0 Å². The molecule has 2 aromatic rings. The van der Waals surface area contributed by atoms with Crippen LogP contribution >= 0.6 is 34.8 Å². The van der Waals surface area contributed by atoms with Gasteiger partial charge in [-0.2, -0.15) is 0 Å². The first-order valence-corrected chi connectivity index (χ1v) is 13.7. The summed E-state index contributed by atoms with van der Waals surface area (Å²) in [7, 11) is -2.44. The van der Waals surface area contributed by atoms with Crippen molar-refractivity contribution in [3.8, 4) is 5.75 Å². The van der Waals surface area contributed by atoms with E-state index in [2.05, 4.69) is 5.32 Å². The van der Waals surface area contributed by atoms with Gasteiger partial charge in [0.2, 0.25) is 21.8 Å². The number of carbonyl (C=O) groups excluding carboxylic acids is 2. The number of amides is 2. The molecule has 0 heterocycles. The van der Waals surface area contributed by atoms with E-state index in [9.17, 15) is 18.0 Å². The normalized spacial score (nSPS) is 12.1. The molecule has 0 bridgehead atoms. The van der Waals surface area contributed by atoms with Crippen LogP contribution in [0.15, 0.2) is 36.4 Å². The predicted octanol–water partition coefficient (Wildman–Crippen LogP) is 4.36. The smallest absolute Gasteiger partial charge is 0.244 e. The Labute approximate surface area is 221 Å². The van der Waals surface area contributed by atoms with Gasteiger partial charge in [-0.3, -0.25) is 13.9 Å². The number of nitrogens with zero attached hydrogens (tertiary/aromatic N) is 2. The molecule has 0 aromatic heterocycles. The summed E-state index contributed by atoms with van der Waals surface area (Å²) in [6, 6.07) is 8.82. The van der Waals surface area contributed by atoms with E-state index in [1.165, 1.54) is 24.1 Å². The first-order chi connectivity index (χ1) is 16.4. The first-order valence-electron chi connectivity index (χ1n) is 10.7. The van der Waals surface area contributed by atoms with Gasteiger partial charge in [-0.15, -0.1) is 0 Å². The molecule has 0 unspecified atom stereocenters. The first kappa shape index (κ1) is 29.0. The second-order valence-corrected chi connectivity index (χ2v) is 10.8. The number of anilines is 1. The molecule has 0 fully saturated rings. The van der Waals surface area contributed by atoms with Gasteiger partial charge in [-0.05, 0) is 43.2 Å². The fraction of sp³-hybridized carbons (Fsp3) is 0.391. The Bertz CT molecular complexity index is 1180. The number of ether oxygens (including phenoxy) is 1. The number of benzene rings is 2. The summed E-state index contributed by atoms with van der Waals surface area (Å²) in [5, 5.41) is 2.96. The number of nitrogens with one attached hydrogen (secondary N) is 1. The molecule has 8 nitrogen and oxygen atoms in total. The van der Waals surface area contributed by atoms with Crippen LogP contribution in [0.3, 0.4) is 0 Å².